The summed E-state index contributed by atoms with van der Waals surface area (Å²) in [5, 5.41) is 13.6. The Bertz CT molecular complexity index is 1140. The summed E-state index contributed by atoms with van der Waals surface area (Å²) in [6.07, 6.45) is 3.01. The van der Waals surface area contributed by atoms with Gasteiger partial charge in [-0.15, -0.1) is 0 Å². The molecule has 0 radical (unpaired) electrons. The molecular formula is C26H31NO8. The van der Waals surface area contributed by atoms with Gasteiger partial charge in [-0.3, -0.25) is 4.79 Å². The molecule has 35 heavy (non-hydrogen) atoms. The summed E-state index contributed by atoms with van der Waals surface area (Å²) in [5.74, 6) is 1.04. The van der Waals surface area contributed by atoms with Crippen LogP contribution in [0.5, 0.6) is 28.7 Å². The van der Waals surface area contributed by atoms with Gasteiger partial charge < -0.3 is 34.1 Å². The maximum Gasteiger partial charge on any atom is 0.342 e. The zero-order valence-electron chi connectivity index (χ0n) is 20.9. The number of fused-ring (bicyclic) bond motifs is 1. The van der Waals surface area contributed by atoms with Gasteiger partial charge in [0.25, 0.3) is 0 Å². The molecule has 1 aliphatic rings. The van der Waals surface area contributed by atoms with Gasteiger partial charge >= 0.3 is 5.97 Å². The van der Waals surface area contributed by atoms with Gasteiger partial charge in [0.2, 0.25) is 11.7 Å². The number of phenolic OH excluding ortho intramolecular Hbond substituents is 1. The number of methoxy groups -OCH3 is 4. The largest absolute Gasteiger partial charge is 0.507 e. The van der Waals surface area contributed by atoms with Gasteiger partial charge in [0, 0.05) is 35.4 Å². The van der Waals surface area contributed by atoms with Gasteiger partial charge in [-0.05, 0) is 32.3 Å². The number of hydrogen-bond acceptors (Lipinski definition) is 8. The predicted octanol–water partition coefficient (Wildman–Crippen LogP) is 4.31. The Balaban J connectivity index is 1.69. The van der Waals surface area contributed by atoms with Crippen LogP contribution >= 0.6 is 0 Å². The second-order valence-electron chi connectivity index (χ2n) is 8.13. The Morgan fingerprint density at radius 2 is 1.69 bits per heavy atom. The van der Waals surface area contributed by atoms with Crippen molar-refractivity contribution in [1.29, 1.82) is 0 Å². The van der Waals surface area contributed by atoms with Crippen LogP contribution in [-0.2, 0) is 22.6 Å². The zero-order chi connectivity index (χ0) is 25.7. The maximum atomic E-state index is 12.5. The topological polar surface area (TPSA) is 113 Å². The number of carbonyl (C=O) groups excluding carboxylic acids is 2. The van der Waals surface area contributed by atoms with Crippen LogP contribution in [0.2, 0.25) is 0 Å². The van der Waals surface area contributed by atoms with E-state index >= 15 is 0 Å². The summed E-state index contributed by atoms with van der Waals surface area (Å²) in [4.78, 5) is 24.6. The van der Waals surface area contributed by atoms with Crippen molar-refractivity contribution in [2.24, 2.45) is 0 Å². The Labute approximate surface area is 204 Å². The number of benzene rings is 2. The van der Waals surface area contributed by atoms with E-state index in [-0.39, 0.29) is 30.2 Å². The van der Waals surface area contributed by atoms with Crippen LogP contribution in [0.4, 0.5) is 5.69 Å². The Kier molecular flexibility index (Phi) is 8.11. The van der Waals surface area contributed by atoms with E-state index in [2.05, 4.69) is 5.32 Å². The minimum absolute atomic E-state index is 0.117. The lowest BCUT2D eigenvalue weighted by atomic mass is 9.94. The lowest BCUT2D eigenvalue weighted by Crippen LogP contribution is -2.11. The van der Waals surface area contributed by atoms with E-state index in [0.29, 0.717) is 52.7 Å². The van der Waals surface area contributed by atoms with Gasteiger partial charge in [0.15, 0.2) is 11.5 Å². The van der Waals surface area contributed by atoms with Crippen molar-refractivity contribution in [2.45, 2.75) is 39.7 Å². The van der Waals surface area contributed by atoms with Crippen LogP contribution in [0.25, 0.3) is 0 Å². The highest BCUT2D eigenvalue weighted by Crippen LogP contribution is 2.42. The van der Waals surface area contributed by atoms with Crippen LogP contribution in [0, 0.1) is 6.92 Å². The molecule has 0 bridgehead atoms. The summed E-state index contributed by atoms with van der Waals surface area (Å²) in [6, 6.07) is 3.33. The van der Waals surface area contributed by atoms with Crippen LogP contribution in [0.1, 0.15) is 46.8 Å². The average Bonchev–Trinajstić information content (AvgIpc) is 3.25. The first-order valence-electron chi connectivity index (χ1n) is 11.1. The molecular weight excluding hydrogens is 454 g/mol. The van der Waals surface area contributed by atoms with Gasteiger partial charge in [0.1, 0.15) is 23.7 Å². The fourth-order valence-corrected chi connectivity index (χ4v) is 4.09. The van der Waals surface area contributed by atoms with Crippen LogP contribution < -0.4 is 24.3 Å². The number of carbonyl (C=O) groups is 2. The molecule has 0 spiro atoms. The van der Waals surface area contributed by atoms with Gasteiger partial charge in [-0.1, -0.05) is 11.6 Å². The number of allylic oxidation sites excluding steroid dienone is 2. The van der Waals surface area contributed by atoms with E-state index in [1.807, 2.05) is 19.9 Å². The number of phenols is 1. The third-order valence-corrected chi connectivity index (χ3v) is 6.00. The normalized spacial score (nSPS) is 12.6. The number of amides is 1. The number of rotatable bonds is 10. The van der Waals surface area contributed by atoms with E-state index < -0.39 is 5.97 Å². The fourth-order valence-electron chi connectivity index (χ4n) is 4.09. The van der Waals surface area contributed by atoms with Crippen LogP contribution in [0.3, 0.4) is 0 Å². The van der Waals surface area contributed by atoms with E-state index in [9.17, 15) is 14.7 Å². The third kappa shape index (κ3) is 5.29. The van der Waals surface area contributed by atoms with E-state index in [0.717, 1.165) is 11.1 Å². The molecule has 0 atom stereocenters. The third-order valence-electron chi connectivity index (χ3n) is 6.00. The Hall–Kier alpha value is -3.88. The first-order chi connectivity index (χ1) is 16.7. The number of anilines is 1. The highest BCUT2D eigenvalue weighted by atomic mass is 16.5. The fraction of sp³-hybridized carbons (Fsp3) is 0.385. The Morgan fingerprint density at radius 3 is 2.26 bits per heavy atom. The molecule has 3 rings (SSSR count). The second-order valence-corrected chi connectivity index (χ2v) is 8.13. The molecule has 1 heterocycles. The molecule has 0 aliphatic carbocycles. The molecule has 0 unspecified atom stereocenters. The van der Waals surface area contributed by atoms with Crippen molar-refractivity contribution in [3.63, 3.8) is 0 Å². The quantitative estimate of drug-likeness (QED) is 0.378. The van der Waals surface area contributed by atoms with Crippen molar-refractivity contribution in [2.75, 3.05) is 33.8 Å². The second kappa shape index (κ2) is 11.0. The number of hydrogen-bond donors (Lipinski definition) is 2. The van der Waals surface area contributed by atoms with Gasteiger partial charge in [0.05, 0.1) is 28.4 Å². The standard InChI is InChI=1S/C26H31NO8/c1-14(7-9-17-23(29)22-18(13-35-26(22)30)15(2)24(17)33-5)8-10-21(28)27-16-11-19(31-3)25(34-6)20(12-16)32-4/h7,11-12,29H,8-10,13H2,1-6H3,(H,27,28)/b14-7+. The number of ether oxygens (including phenoxy) is 5. The minimum Gasteiger partial charge on any atom is -0.507 e. The molecule has 0 fully saturated rings. The molecule has 188 valence electrons. The molecule has 9 heteroatoms. The first kappa shape index (κ1) is 25.7. The number of nitrogens with one attached hydrogen (secondary N) is 1. The van der Waals surface area contributed by atoms with E-state index in [1.165, 1.54) is 28.4 Å². The van der Waals surface area contributed by atoms with Crippen molar-refractivity contribution in [3.8, 4) is 28.7 Å². The Morgan fingerprint density at radius 1 is 1.06 bits per heavy atom. The van der Waals surface area contributed by atoms with Crippen molar-refractivity contribution in [1.82, 2.24) is 0 Å². The van der Waals surface area contributed by atoms with Crippen molar-refractivity contribution >= 4 is 17.6 Å². The molecule has 9 nitrogen and oxygen atoms in total. The van der Waals surface area contributed by atoms with E-state index in [4.69, 9.17) is 23.7 Å². The predicted molar refractivity (Wildman–Crippen MR) is 130 cm³/mol. The molecule has 0 saturated heterocycles. The summed E-state index contributed by atoms with van der Waals surface area (Å²) >= 11 is 0. The lowest BCUT2D eigenvalue weighted by Gasteiger charge is -2.16. The van der Waals surface area contributed by atoms with Crippen molar-refractivity contribution in [3.05, 3.63) is 46.0 Å². The summed E-state index contributed by atoms with van der Waals surface area (Å²) in [5.41, 5.74) is 3.63. The van der Waals surface area contributed by atoms with Gasteiger partial charge in [-0.25, -0.2) is 4.79 Å². The summed E-state index contributed by atoms with van der Waals surface area (Å²) in [7, 11) is 6.06. The average molecular weight is 486 g/mol. The highest BCUT2D eigenvalue weighted by Gasteiger charge is 2.31. The molecule has 1 amide bonds. The summed E-state index contributed by atoms with van der Waals surface area (Å²) < 4.78 is 26.5. The number of esters is 1. The molecule has 2 aromatic carbocycles. The summed E-state index contributed by atoms with van der Waals surface area (Å²) in [6.45, 7) is 3.87. The SMILES string of the molecule is COc1cc(NC(=O)CC/C(C)=C/Cc2c(O)c3c(c(C)c2OC)COC3=O)cc(OC)c1OC. The zero-order valence-corrected chi connectivity index (χ0v) is 20.9. The molecule has 1 aliphatic heterocycles. The molecule has 0 aromatic heterocycles. The molecule has 0 saturated carbocycles. The minimum atomic E-state index is -0.534. The number of cyclic esters (lactones) is 1. The van der Waals surface area contributed by atoms with Gasteiger partial charge in [-0.2, -0.15) is 0 Å². The molecule has 2 aromatic rings. The monoisotopic (exact) mass is 485 g/mol. The highest BCUT2D eigenvalue weighted by molar-refractivity contribution is 5.98. The number of aromatic hydroxyl groups is 1. The van der Waals surface area contributed by atoms with E-state index in [1.54, 1.807) is 12.1 Å². The first-order valence-corrected chi connectivity index (χ1v) is 11.1. The maximum absolute atomic E-state index is 12.5. The molecule has 2 N–H and O–H groups in total. The smallest absolute Gasteiger partial charge is 0.342 e. The lowest BCUT2D eigenvalue weighted by molar-refractivity contribution is -0.116. The van der Waals surface area contributed by atoms with Crippen molar-refractivity contribution < 1.29 is 38.4 Å². The van der Waals surface area contributed by atoms with Crippen LogP contribution in [-0.4, -0.2) is 45.4 Å². The van der Waals surface area contributed by atoms with Crippen LogP contribution in [0.15, 0.2) is 23.8 Å².